The molecule has 5 aromatic rings. The number of fused-ring (bicyclic) bond motifs is 1. The largest absolute Gasteiger partial charge is 0.434 e. The maximum absolute atomic E-state index is 14.3. The molecule has 0 saturated heterocycles. The summed E-state index contributed by atoms with van der Waals surface area (Å²) in [7, 11) is 0. The zero-order chi connectivity index (χ0) is 26.5. The van der Waals surface area contributed by atoms with E-state index in [1.54, 1.807) is 0 Å². The fraction of sp³-hybridized carbons (Fsp3) is 0.0909. The fourth-order valence-corrected chi connectivity index (χ4v) is 3.85. The Labute approximate surface area is 202 Å². The van der Waals surface area contributed by atoms with Gasteiger partial charge in [-0.05, 0) is 24.3 Å². The molecule has 5 rings (SSSR count). The lowest BCUT2D eigenvalue weighted by molar-refractivity contribution is -0.143. The molecule has 0 aromatic carbocycles. The number of rotatable bonds is 5. The molecule has 0 radical (unpaired) electrons. The van der Waals surface area contributed by atoms with Crippen LogP contribution in [0.5, 0.6) is 0 Å². The quantitative estimate of drug-likeness (QED) is 0.358. The summed E-state index contributed by atoms with van der Waals surface area (Å²) >= 11 is 0. The molecule has 0 aliphatic heterocycles. The Kier molecular flexibility index (Phi) is 5.54. The van der Waals surface area contributed by atoms with Crippen molar-refractivity contribution in [3.05, 3.63) is 88.5 Å². The number of aromatic nitrogens is 7. The predicted octanol–water partition coefficient (Wildman–Crippen LogP) is 3.18. The van der Waals surface area contributed by atoms with Crippen molar-refractivity contribution in [1.82, 2.24) is 33.9 Å². The monoisotopic (exact) mass is 516 g/mol. The number of hydrogen-bond donors (Lipinski definition) is 1. The average Bonchev–Trinajstić information content (AvgIpc) is 3.52. The van der Waals surface area contributed by atoms with Gasteiger partial charge in [0.05, 0.1) is 11.1 Å². The van der Waals surface area contributed by atoms with Crippen LogP contribution in [0.15, 0.2) is 66.1 Å². The van der Waals surface area contributed by atoms with Crippen LogP contribution in [0.1, 0.15) is 28.0 Å². The lowest BCUT2D eigenvalue weighted by atomic mass is 10.0. The van der Waals surface area contributed by atoms with E-state index in [9.17, 15) is 31.5 Å². The Morgan fingerprint density at radius 1 is 1.05 bits per heavy atom. The van der Waals surface area contributed by atoms with Gasteiger partial charge >= 0.3 is 6.18 Å². The van der Waals surface area contributed by atoms with Crippen molar-refractivity contribution >= 4 is 11.6 Å². The molecule has 0 bridgehead atoms. The van der Waals surface area contributed by atoms with Gasteiger partial charge in [-0.2, -0.15) is 23.4 Å². The minimum atomic E-state index is -5.18. The molecular formula is C22H13F5N8O2. The molecule has 0 spiro atoms. The van der Waals surface area contributed by atoms with Crippen molar-refractivity contribution in [2.75, 3.05) is 0 Å². The summed E-state index contributed by atoms with van der Waals surface area (Å²) in [6.45, 7) is 0. The smallest absolute Gasteiger partial charge is 0.365 e. The van der Waals surface area contributed by atoms with Gasteiger partial charge in [-0.3, -0.25) is 14.0 Å². The second kappa shape index (κ2) is 8.61. The van der Waals surface area contributed by atoms with E-state index in [2.05, 4.69) is 20.2 Å². The predicted molar refractivity (Wildman–Crippen MR) is 117 cm³/mol. The molecule has 5 aromatic heterocycles. The van der Waals surface area contributed by atoms with Crippen molar-refractivity contribution in [3.63, 3.8) is 0 Å². The number of primary amides is 1. The van der Waals surface area contributed by atoms with Gasteiger partial charge in [0.15, 0.2) is 17.2 Å². The van der Waals surface area contributed by atoms with Crippen LogP contribution < -0.4 is 11.3 Å². The highest BCUT2D eigenvalue weighted by Crippen LogP contribution is 2.39. The van der Waals surface area contributed by atoms with Crippen molar-refractivity contribution in [1.29, 1.82) is 0 Å². The Balaban J connectivity index is 1.83. The Morgan fingerprint density at radius 3 is 2.49 bits per heavy atom. The topological polar surface area (TPSA) is 126 Å². The third-order valence-corrected chi connectivity index (χ3v) is 5.35. The molecule has 37 heavy (non-hydrogen) atoms. The van der Waals surface area contributed by atoms with Gasteiger partial charge in [-0.1, -0.05) is 0 Å². The van der Waals surface area contributed by atoms with Gasteiger partial charge in [0.25, 0.3) is 17.9 Å². The molecule has 0 atom stereocenters. The SMILES string of the molecule is NC(=O)c1c(-c2cnc(-n3cccn3)c(C(F)F)c2)nn(-c2cccn3c(=O)ccnc23)c1C(F)(F)F. The highest BCUT2D eigenvalue weighted by Gasteiger charge is 2.43. The summed E-state index contributed by atoms with van der Waals surface area (Å²) in [6.07, 6.45) is -2.22. The summed E-state index contributed by atoms with van der Waals surface area (Å²) in [5, 5.41) is 7.79. The number of hydrogen-bond acceptors (Lipinski definition) is 6. The molecule has 0 aliphatic carbocycles. The average molecular weight is 516 g/mol. The van der Waals surface area contributed by atoms with Gasteiger partial charge in [0, 0.05) is 42.6 Å². The number of halogens is 5. The van der Waals surface area contributed by atoms with E-state index in [-0.39, 0.29) is 22.7 Å². The molecule has 0 unspecified atom stereocenters. The first-order valence-corrected chi connectivity index (χ1v) is 10.3. The highest BCUT2D eigenvalue weighted by molar-refractivity contribution is 6.00. The first-order chi connectivity index (χ1) is 17.6. The third-order valence-electron chi connectivity index (χ3n) is 5.35. The molecule has 15 heteroatoms. The van der Waals surface area contributed by atoms with Gasteiger partial charge in [-0.25, -0.2) is 28.1 Å². The van der Waals surface area contributed by atoms with Crippen LogP contribution in [-0.4, -0.2) is 39.8 Å². The number of amides is 1. The maximum Gasteiger partial charge on any atom is 0.434 e. The standard InChI is InChI=1S/C22H13F5N8O2/c23-18(24)12-9-11(10-30-20(12)34-8-2-5-31-34)16-15(19(28)37)17(22(25,26)27)35(32-16)13-3-1-7-33-14(36)4-6-29-21(13)33/h1-10,18H,(H2,28,37). The molecule has 2 N–H and O–H groups in total. The summed E-state index contributed by atoms with van der Waals surface area (Å²) in [5.74, 6) is -1.77. The first kappa shape index (κ1) is 23.8. The van der Waals surface area contributed by atoms with E-state index >= 15 is 0 Å². The number of alkyl halides is 5. The third kappa shape index (κ3) is 3.99. The highest BCUT2D eigenvalue weighted by atomic mass is 19.4. The number of carbonyl (C=O) groups excluding carboxylic acids is 1. The molecule has 188 valence electrons. The van der Waals surface area contributed by atoms with Crippen LogP contribution in [0.4, 0.5) is 22.0 Å². The summed E-state index contributed by atoms with van der Waals surface area (Å²) in [4.78, 5) is 32.4. The van der Waals surface area contributed by atoms with E-state index in [1.807, 2.05) is 0 Å². The number of pyridine rings is 2. The normalized spacial score (nSPS) is 11.9. The molecule has 1 amide bonds. The van der Waals surface area contributed by atoms with Crippen molar-refractivity contribution < 1.29 is 26.7 Å². The molecule has 0 fully saturated rings. The maximum atomic E-state index is 14.3. The fourth-order valence-electron chi connectivity index (χ4n) is 3.85. The zero-order valence-corrected chi connectivity index (χ0v) is 18.3. The second-order valence-electron chi connectivity index (χ2n) is 7.60. The number of carbonyl (C=O) groups is 1. The molecule has 0 saturated carbocycles. The Hall–Kier alpha value is -4.95. The first-order valence-electron chi connectivity index (χ1n) is 10.3. The molecule has 10 nitrogen and oxygen atoms in total. The minimum absolute atomic E-state index is 0.203. The van der Waals surface area contributed by atoms with Crippen molar-refractivity contribution in [3.8, 4) is 22.8 Å². The Morgan fingerprint density at radius 2 is 1.84 bits per heavy atom. The van der Waals surface area contributed by atoms with Crippen LogP contribution in [-0.2, 0) is 6.18 Å². The molecule has 0 aliphatic rings. The van der Waals surface area contributed by atoms with Crippen LogP contribution in [0.2, 0.25) is 0 Å². The minimum Gasteiger partial charge on any atom is -0.365 e. The number of nitrogens with zero attached hydrogens (tertiary/aromatic N) is 7. The molecule has 5 heterocycles. The lowest BCUT2D eigenvalue weighted by Crippen LogP contribution is -2.22. The van der Waals surface area contributed by atoms with Gasteiger partial charge in [0.2, 0.25) is 0 Å². The van der Waals surface area contributed by atoms with Crippen LogP contribution in [0, 0.1) is 0 Å². The summed E-state index contributed by atoms with van der Waals surface area (Å²) in [6, 6.07) is 5.91. The summed E-state index contributed by atoms with van der Waals surface area (Å²) in [5.41, 5.74) is -0.0270. The molecular weight excluding hydrogens is 503 g/mol. The number of nitrogens with two attached hydrogens (primary N) is 1. The Bertz CT molecular complexity index is 1710. The van der Waals surface area contributed by atoms with Gasteiger partial charge < -0.3 is 5.73 Å². The second-order valence-corrected chi connectivity index (χ2v) is 7.60. The van der Waals surface area contributed by atoms with Crippen molar-refractivity contribution in [2.45, 2.75) is 12.6 Å². The van der Waals surface area contributed by atoms with E-state index < -0.39 is 46.6 Å². The summed E-state index contributed by atoms with van der Waals surface area (Å²) < 4.78 is 73.2. The van der Waals surface area contributed by atoms with Crippen molar-refractivity contribution in [2.24, 2.45) is 5.73 Å². The zero-order valence-electron chi connectivity index (χ0n) is 18.3. The van der Waals surface area contributed by atoms with Gasteiger partial charge in [0.1, 0.15) is 11.4 Å². The lowest BCUT2D eigenvalue weighted by Gasteiger charge is -2.13. The van der Waals surface area contributed by atoms with E-state index in [1.165, 1.54) is 36.8 Å². The van der Waals surface area contributed by atoms with Crippen LogP contribution in [0.3, 0.4) is 0 Å². The van der Waals surface area contributed by atoms with Gasteiger partial charge in [-0.15, -0.1) is 0 Å². The van der Waals surface area contributed by atoms with E-state index in [0.717, 1.165) is 33.6 Å². The van der Waals surface area contributed by atoms with Crippen LogP contribution in [0.25, 0.3) is 28.4 Å². The van der Waals surface area contributed by atoms with E-state index in [4.69, 9.17) is 5.73 Å². The van der Waals surface area contributed by atoms with Crippen LogP contribution >= 0.6 is 0 Å². The van der Waals surface area contributed by atoms with E-state index in [0.29, 0.717) is 4.68 Å².